The highest BCUT2D eigenvalue weighted by atomic mass is 16.2. The molecule has 0 unspecified atom stereocenters. The molecule has 0 spiro atoms. The molecule has 6 rings (SSSR count). The van der Waals surface area contributed by atoms with Gasteiger partial charge >= 0.3 is 6.03 Å². The summed E-state index contributed by atoms with van der Waals surface area (Å²) in [5.74, 6) is 2.50. The number of hydrogen-bond acceptors (Lipinski definition) is 6. The highest BCUT2D eigenvalue weighted by Crippen LogP contribution is 2.31. The highest BCUT2D eigenvalue weighted by Gasteiger charge is 2.34. The maximum Gasteiger partial charge on any atom is 0.326 e. The number of pyridine rings is 1. The Labute approximate surface area is 197 Å². The van der Waals surface area contributed by atoms with Crippen molar-refractivity contribution in [1.29, 1.82) is 0 Å². The van der Waals surface area contributed by atoms with Crippen LogP contribution in [-0.4, -0.2) is 80.7 Å². The normalized spacial score (nSPS) is 19.1. The zero-order valence-electron chi connectivity index (χ0n) is 19.3. The molecule has 10 heteroatoms. The van der Waals surface area contributed by atoms with Gasteiger partial charge in [0, 0.05) is 63.7 Å². The van der Waals surface area contributed by atoms with Crippen molar-refractivity contribution in [2.75, 3.05) is 49.1 Å². The van der Waals surface area contributed by atoms with E-state index in [1.807, 2.05) is 41.4 Å². The number of aromatic nitrogens is 5. The summed E-state index contributed by atoms with van der Waals surface area (Å²) in [6, 6.07) is 6.17. The fourth-order valence-corrected chi connectivity index (χ4v) is 5.24. The number of nitrogens with one attached hydrogen (secondary N) is 2. The number of piperazine rings is 1. The summed E-state index contributed by atoms with van der Waals surface area (Å²) in [5.41, 5.74) is 2.01. The van der Waals surface area contributed by atoms with Gasteiger partial charge in [0.2, 0.25) is 0 Å². The first-order chi connectivity index (χ1) is 16.7. The number of nitrogens with zero attached hydrogens (tertiary/aromatic N) is 7. The Morgan fingerprint density at radius 1 is 1.09 bits per heavy atom. The molecule has 2 aromatic heterocycles. The molecule has 4 aliphatic rings. The number of carbonyl (C=O) groups excluding carboxylic acids is 1. The summed E-state index contributed by atoms with van der Waals surface area (Å²) in [7, 11) is 2.01. The first kappa shape index (κ1) is 20.9. The monoisotopic (exact) mass is 459 g/mol. The van der Waals surface area contributed by atoms with E-state index in [9.17, 15) is 4.79 Å². The Kier molecular flexibility index (Phi) is 5.29. The van der Waals surface area contributed by atoms with Gasteiger partial charge in [-0.1, -0.05) is 0 Å². The van der Waals surface area contributed by atoms with Crippen LogP contribution >= 0.6 is 0 Å². The van der Waals surface area contributed by atoms with Crippen molar-refractivity contribution < 1.29 is 4.79 Å². The molecule has 2 saturated heterocycles. The summed E-state index contributed by atoms with van der Waals surface area (Å²) >= 11 is 0. The molecule has 4 aliphatic heterocycles. The van der Waals surface area contributed by atoms with Crippen LogP contribution in [0.1, 0.15) is 12.8 Å². The second-order valence-corrected chi connectivity index (χ2v) is 9.06. The van der Waals surface area contributed by atoms with E-state index in [2.05, 4.69) is 35.8 Å². The Balaban J connectivity index is 1.27. The van der Waals surface area contributed by atoms with Gasteiger partial charge in [0.1, 0.15) is 11.6 Å². The average molecular weight is 460 g/mol. The topological polar surface area (TPSA) is 98.2 Å². The lowest BCUT2D eigenvalue weighted by Gasteiger charge is -2.41. The fraction of sp³-hybridized carbons (Fsp3) is 0.417. The van der Waals surface area contributed by atoms with Crippen molar-refractivity contribution in [3.8, 4) is 11.4 Å². The van der Waals surface area contributed by atoms with Crippen LogP contribution in [-0.2, 0) is 7.05 Å². The molecular formula is C24H29N9O. The number of aromatic amines is 1. The molecule has 2 amide bonds. The second-order valence-electron chi connectivity index (χ2n) is 9.06. The number of anilines is 2. The van der Waals surface area contributed by atoms with Crippen molar-refractivity contribution in [1.82, 2.24) is 34.7 Å². The third kappa shape index (κ3) is 3.54. The van der Waals surface area contributed by atoms with E-state index >= 15 is 0 Å². The zero-order valence-corrected chi connectivity index (χ0v) is 19.3. The third-order valence-electron chi connectivity index (χ3n) is 7.02. The van der Waals surface area contributed by atoms with E-state index in [1.165, 1.54) is 0 Å². The van der Waals surface area contributed by atoms with Crippen molar-refractivity contribution in [2.24, 2.45) is 7.05 Å². The fourth-order valence-electron chi connectivity index (χ4n) is 5.24. The molecule has 2 fully saturated rings. The van der Waals surface area contributed by atoms with Crippen molar-refractivity contribution in [2.45, 2.75) is 18.9 Å². The predicted molar refractivity (Wildman–Crippen MR) is 131 cm³/mol. The first-order valence-electron chi connectivity index (χ1n) is 11.9. The number of carbonyl (C=O) groups is 1. The average Bonchev–Trinajstić information content (AvgIpc) is 3.52. The van der Waals surface area contributed by atoms with Crippen LogP contribution < -0.4 is 15.1 Å². The summed E-state index contributed by atoms with van der Waals surface area (Å²) in [6.07, 6.45) is 9.33. The van der Waals surface area contributed by atoms with E-state index < -0.39 is 0 Å². The maximum absolute atomic E-state index is 14.0. The SMILES string of the molecule is Cn1ccc2ccnc(N(C(=O)N3CCN(c4nc[nH]c5nccc4-5)CC3)[C@@H]3CCCNC3)c21. The first-order valence-corrected chi connectivity index (χ1v) is 11.9. The van der Waals surface area contributed by atoms with Crippen LogP contribution in [0.4, 0.5) is 16.4 Å². The molecule has 10 nitrogen and oxygen atoms in total. The molecule has 1 atom stereocenters. The molecule has 176 valence electrons. The number of H-pyrrole nitrogens is 1. The van der Waals surface area contributed by atoms with Gasteiger partial charge < -0.3 is 24.7 Å². The van der Waals surface area contributed by atoms with E-state index in [0.29, 0.717) is 13.1 Å². The number of fused-ring (bicyclic) bond motifs is 2. The summed E-state index contributed by atoms with van der Waals surface area (Å²) in [5, 5.41) is 4.57. The molecule has 0 bridgehead atoms. The van der Waals surface area contributed by atoms with Crippen LogP contribution in [0.25, 0.3) is 22.3 Å². The van der Waals surface area contributed by atoms with Gasteiger partial charge in [0.05, 0.1) is 23.4 Å². The predicted octanol–water partition coefficient (Wildman–Crippen LogP) is 2.30. The molecule has 6 heterocycles. The van der Waals surface area contributed by atoms with Gasteiger partial charge in [0.25, 0.3) is 0 Å². The minimum Gasteiger partial charge on any atom is -0.352 e. The zero-order chi connectivity index (χ0) is 23.1. The van der Waals surface area contributed by atoms with Gasteiger partial charge in [-0.3, -0.25) is 4.90 Å². The molecular weight excluding hydrogens is 430 g/mol. The number of urea groups is 1. The Morgan fingerprint density at radius 3 is 2.76 bits per heavy atom. The molecule has 2 aromatic rings. The van der Waals surface area contributed by atoms with Crippen LogP contribution in [0.15, 0.2) is 43.1 Å². The standard InChI is InChI=1S/C24H29N9O/c1-30-10-6-17-4-8-27-23(20(17)30)33(18-3-2-7-25-15-18)24(34)32-13-11-31(12-14-32)22-19-5-9-26-21(19)28-16-29-22/h4-6,8-10,16,18,25H,2-3,7,11-15H2,1H3,(H,26,28,29)/t18-/m1/s1. The van der Waals surface area contributed by atoms with Gasteiger partial charge in [-0.25, -0.2) is 19.7 Å². The van der Waals surface area contributed by atoms with E-state index in [1.54, 1.807) is 12.5 Å². The summed E-state index contributed by atoms with van der Waals surface area (Å²) in [6.45, 7) is 4.48. The molecule has 0 aromatic carbocycles. The van der Waals surface area contributed by atoms with Gasteiger partial charge in [-0.15, -0.1) is 0 Å². The lowest BCUT2D eigenvalue weighted by molar-refractivity contribution is 0.196. The lowest BCUT2D eigenvalue weighted by Crippen LogP contribution is -2.58. The van der Waals surface area contributed by atoms with Crippen molar-refractivity contribution >= 4 is 28.6 Å². The third-order valence-corrected chi connectivity index (χ3v) is 7.02. The van der Waals surface area contributed by atoms with Gasteiger partial charge in [-0.2, -0.15) is 0 Å². The van der Waals surface area contributed by atoms with E-state index in [4.69, 9.17) is 4.98 Å². The molecule has 34 heavy (non-hydrogen) atoms. The molecule has 0 radical (unpaired) electrons. The smallest absolute Gasteiger partial charge is 0.326 e. The molecule has 2 N–H and O–H groups in total. The lowest BCUT2D eigenvalue weighted by atomic mass is 10.1. The van der Waals surface area contributed by atoms with Gasteiger partial charge in [0.15, 0.2) is 5.82 Å². The Hall–Kier alpha value is -3.66. The van der Waals surface area contributed by atoms with E-state index in [0.717, 1.165) is 72.9 Å². The Bertz CT molecular complexity index is 1270. The van der Waals surface area contributed by atoms with Crippen LogP contribution in [0.3, 0.4) is 0 Å². The highest BCUT2D eigenvalue weighted by molar-refractivity contribution is 6.00. The number of rotatable bonds is 3. The van der Waals surface area contributed by atoms with Crippen LogP contribution in [0.5, 0.6) is 0 Å². The van der Waals surface area contributed by atoms with Gasteiger partial charge in [-0.05, 0) is 37.6 Å². The second kappa shape index (κ2) is 8.60. The number of amides is 2. The van der Waals surface area contributed by atoms with Crippen LogP contribution in [0.2, 0.25) is 0 Å². The maximum atomic E-state index is 14.0. The molecule has 0 saturated carbocycles. The number of piperidine rings is 1. The van der Waals surface area contributed by atoms with E-state index in [-0.39, 0.29) is 12.1 Å². The largest absolute Gasteiger partial charge is 0.352 e. The molecule has 0 aliphatic carbocycles. The summed E-state index contributed by atoms with van der Waals surface area (Å²) < 4.78 is 2.06. The van der Waals surface area contributed by atoms with Crippen molar-refractivity contribution in [3.63, 3.8) is 0 Å². The number of aryl methyl sites for hydroxylation is 1. The minimum atomic E-state index is 0.0315. The quantitative estimate of drug-likeness (QED) is 0.488. The van der Waals surface area contributed by atoms with Crippen molar-refractivity contribution in [3.05, 3.63) is 43.1 Å². The number of hydrogen-bond donors (Lipinski definition) is 2. The Morgan fingerprint density at radius 2 is 1.94 bits per heavy atom. The summed E-state index contributed by atoms with van der Waals surface area (Å²) in [4.78, 5) is 36.9. The minimum absolute atomic E-state index is 0.0315. The van der Waals surface area contributed by atoms with Crippen LogP contribution in [0, 0.1) is 0 Å².